The van der Waals surface area contributed by atoms with Crippen molar-refractivity contribution in [2.45, 2.75) is 89.9 Å². The molecule has 4 aliphatic heterocycles. The van der Waals surface area contributed by atoms with Crippen molar-refractivity contribution < 1.29 is 38.1 Å². The maximum Gasteiger partial charge on any atom is 0.333 e. The van der Waals surface area contributed by atoms with Crippen LogP contribution in [0.1, 0.15) is 58.4 Å². The molecule has 1 amide bonds. The second kappa shape index (κ2) is 15.4. The minimum atomic E-state index is -1.05. The highest BCUT2D eigenvalue weighted by Gasteiger charge is 2.43. The van der Waals surface area contributed by atoms with E-state index >= 15 is 0 Å². The number of esters is 3. The summed E-state index contributed by atoms with van der Waals surface area (Å²) < 4.78 is 20.7. The van der Waals surface area contributed by atoms with Gasteiger partial charge in [-0.05, 0) is 51.0 Å². The molecule has 12 nitrogen and oxygen atoms in total. The SMILES string of the molecule is C1CN2CC2O1.CCOC(=O)[C@H](CCc1ccccc1)N[C@H]1CCCN2CCC[C@@H](C(=O)OC(C)OC(C)=O)N2C1=O. The van der Waals surface area contributed by atoms with E-state index in [1.807, 2.05) is 35.3 Å². The fraction of sp³-hybridized carbons (Fsp3) is 0.667. The molecule has 3 unspecified atom stereocenters. The summed E-state index contributed by atoms with van der Waals surface area (Å²) in [5.41, 5.74) is 1.09. The number of ether oxygens (including phenoxy) is 4. The number of carbonyl (C=O) groups is 4. The van der Waals surface area contributed by atoms with Gasteiger partial charge in [-0.15, -0.1) is 0 Å². The first-order valence-corrected chi connectivity index (χ1v) is 15.0. The zero-order chi connectivity index (χ0) is 30.1. The number of fused-ring (bicyclic) bond motifs is 2. The van der Waals surface area contributed by atoms with Gasteiger partial charge < -0.3 is 18.9 Å². The standard InChI is InChI=1S/C26H37N3O7.C4H7NO/c1-4-34-25(32)22(15-14-20-10-6-5-7-11-20)27-21-12-8-16-28-17-9-13-23(29(28)24(21)31)26(33)36-19(3)35-18(2)30;1-2-6-4-3-5(1)4/h5-7,10-11,19,21-23,27H,4,8-9,12-17H2,1-3H3;4H,1-3H2/t19?,21-,22-,23-;/m0./s1. The number of nitrogens with zero attached hydrogens (tertiary/aromatic N) is 3. The van der Waals surface area contributed by atoms with Crippen LogP contribution in [0, 0.1) is 0 Å². The molecule has 0 aromatic heterocycles. The zero-order valence-corrected chi connectivity index (χ0v) is 24.9. The van der Waals surface area contributed by atoms with Gasteiger partial charge in [-0.2, -0.15) is 0 Å². The van der Waals surface area contributed by atoms with Crippen LogP contribution in [-0.4, -0.2) is 109 Å². The summed E-state index contributed by atoms with van der Waals surface area (Å²) in [7, 11) is 0. The Hall–Kier alpha value is -3.06. The Morgan fingerprint density at radius 2 is 1.81 bits per heavy atom. The van der Waals surface area contributed by atoms with Crippen molar-refractivity contribution in [3.05, 3.63) is 35.9 Å². The molecule has 4 saturated heterocycles. The van der Waals surface area contributed by atoms with Gasteiger partial charge in [0, 0.05) is 40.0 Å². The summed E-state index contributed by atoms with van der Waals surface area (Å²) in [6, 6.07) is 7.69. The highest BCUT2D eigenvalue weighted by Crippen LogP contribution is 2.26. The monoisotopic (exact) mass is 588 g/mol. The molecule has 0 aliphatic carbocycles. The van der Waals surface area contributed by atoms with Gasteiger partial charge in [0.05, 0.1) is 19.3 Å². The lowest BCUT2D eigenvalue weighted by molar-refractivity contribution is -0.198. The molecule has 0 radical (unpaired) electrons. The number of morpholine rings is 1. The van der Waals surface area contributed by atoms with Crippen LogP contribution in [0.15, 0.2) is 30.3 Å². The number of hydrazine groups is 1. The minimum absolute atomic E-state index is 0.245. The molecule has 232 valence electrons. The number of hydrogen-bond acceptors (Lipinski definition) is 11. The fourth-order valence-corrected chi connectivity index (χ4v) is 5.60. The van der Waals surface area contributed by atoms with E-state index in [9.17, 15) is 19.2 Å². The molecule has 0 bridgehead atoms. The van der Waals surface area contributed by atoms with Crippen LogP contribution in [-0.2, 0) is 44.5 Å². The first kappa shape index (κ1) is 31.9. The predicted octanol–water partition coefficient (Wildman–Crippen LogP) is 1.62. The topological polar surface area (TPSA) is 127 Å². The molecule has 1 aromatic rings. The minimum Gasteiger partial charge on any atom is -0.465 e. The fourth-order valence-electron chi connectivity index (χ4n) is 5.60. The van der Waals surface area contributed by atoms with Crippen molar-refractivity contribution in [2.24, 2.45) is 0 Å². The molecule has 0 spiro atoms. The molecular weight excluding hydrogens is 544 g/mol. The Morgan fingerprint density at radius 3 is 2.40 bits per heavy atom. The highest BCUT2D eigenvalue weighted by atomic mass is 16.7. The van der Waals surface area contributed by atoms with Gasteiger partial charge in [0.15, 0.2) is 0 Å². The quantitative estimate of drug-likeness (QED) is 0.243. The number of aryl methyl sites for hydroxylation is 1. The van der Waals surface area contributed by atoms with Crippen molar-refractivity contribution in [2.75, 3.05) is 39.4 Å². The lowest BCUT2D eigenvalue weighted by Crippen LogP contribution is -2.62. The van der Waals surface area contributed by atoms with Crippen LogP contribution < -0.4 is 5.32 Å². The largest absolute Gasteiger partial charge is 0.465 e. The van der Waals surface area contributed by atoms with E-state index in [4.69, 9.17) is 18.9 Å². The van der Waals surface area contributed by atoms with Crippen LogP contribution in [0.5, 0.6) is 0 Å². The Morgan fingerprint density at radius 1 is 1.07 bits per heavy atom. The van der Waals surface area contributed by atoms with Gasteiger partial charge in [0.1, 0.15) is 18.3 Å². The number of rotatable bonds is 10. The average Bonchev–Trinajstić information content (AvgIpc) is 3.61. The Bertz CT molecular complexity index is 1060. The summed E-state index contributed by atoms with van der Waals surface area (Å²) >= 11 is 0. The van der Waals surface area contributed by atoms with E-state index in [0.29, 0.717) is 45.0 Å². The number of amides is 1. The molecule has 6 atom stereocenters. The number of hydrogen-bond donors (Lipinski definition) is 1. The third kappa shape index (κ3) is 8.97. The molecule has 12 heteroatoms. The molecule has 1 N–H and O–H groups in total. The second-order valence-corrected chi connectivity index (χ2v) is 10.9. The first-order valence-electron chi connectivity index (χ1n) is 15.0. The van der Waals surface area contributed by atoms with Gasteiger partial charge in [-0.25, -0.2) is 9.80 Å². The number of carbonyl (C=O) groups excluding carboxylic acids is 4. The van der Waals surface area contributed by atoms with Crippen LogP contribution in [0.3, 0.4) is 0 Å². The number of benzene rings is 1. The molecule has 4 heterocycles. The molecule has 4 aliphatic rings. The van der Waals surface area contributed by atoms with E-state index in [1.165, 1.54) is 31.9 Å². The maximum absolute atomic E-state index is 13.7. The summed E-state index contributed by atoms with van der Waals surface area (Å²) in [6.07, 6.45) is 3.04. The van der Waals surface area contributed by atoms with Crippen molar-refractivity contribution in [3.63, 3.8) is 0 Å². The van der Waals surface area contributed by atoms with Crippen molar-refractivity contribution in [1.82, 2.24) is 20.2 Å². The maximum atomic E-state index is 13.7. The first-order chi connectivity index (χ1) is 20.3. The van der Waals surface area contributed by atoms with Crippen LogP contribution in [0.25, 0.3) is 0 Å². The Labute approximate surface area is 247 Å². The Kier molecular flexibility index (Phi) is 11.7. The summed E-state index contributed by atoms with van der Waals surface area (Å²) in [4.78, 5) is 52.9. The molecule has 1 aromatic carbocycles. The van der Waals surface area contributed by atoms with E-state index in [2.05, 4.69) is 10.2 Å². The van der Waals surface area contributed by atoms with Crippen LogP contribution in [0.4, 0.5) is 0 Å². The highest BCUT2D eigenvalue weighted by molar-refractivity contribution is 5.88. The smallest absolute Gasteiger partial charge is 0.333 e. The van der Waals surface area contributed by atoms with Crippen molar-refractivity contribution in [3.8, 4) is 0 Å². The van der Waals surface area contributed by atoms with Gasteiger partial charge in [0.2, 0.25) is 6.29 Å². The molecular formula is C30H44N4O8. The normalized spacial score (nSPS) is 26.4. The lowest BCUT2D eigenvalue weighted by Gasteiger charge is -2.43. The Balaban J connectivity index is 0.000000587. The molecule has 0 saturated carbocycles. The molecule has 42 heavy (non-hydrogen) atoms. The summed E-state index contributed by atoms with van der Waals surface area (Å²) in [5.74, 6) is -1.85. The van der Waals surface area contributed by atoms with Gasteiger partial charge in [0.25, 0.3) is 5.91 Å². The molecule has 4 fully saturated rings. The third-order valence-electron chi connectivity index (χ3n) is 7.70. The van der Waals surface area contributed by atoms with E-state index < -0.39 is 42.3 Å². The number of nitrogens with one attached hydrogen (secondary N) is 1. The summed E-state index contributed by atoms with van der Waals surface area (Å²) in [5, 5.41) is 6.62. The lowest BCUT2D eigenvalue weighted by atomic mass is 10.0. The average molecular weight is 589 g/mol. The van der Waals surface area contributed by atoms with Crippen molar-refractivity contribution >= 4 is 23.8 Å². The van der Waals surface area contributed by atoms with Crippen molar-refractivity contribution in [1.29, 1.82) is 0 Å². The molecule has 5 rings (SSSR count). The summed E-state index contributed by atoms with van der Waals surface area (Å²) in [6.45, 7) is 9.29. The van der Waals surface area contributed by atoms with E-state index in [0.717, 1.165) is 25.0 Å². The van der Waals surface area contributed by atoms with E-state index in [-0.39, 0.29) is 12.5 Å². The third-order valence-corrected chi connectivity index (χ3v) is 7.70. The van der Waals surface area contributed by atoms with Crippen LogP contribution in [0.2, 0.25) is 0 Å². The second-order valence-electron chi connectivity index (χ2n) is 10.9. The van der Waals surface area contributed by atoms with Gasteiger partial charge in [-0.1, -0.05) is 30.3 Å². The van der Waals surface area contributed by atoms with Gasteiger partial charge >= 0.3 is 17.9 Å². The van der Waals surface area contributed by atoms with Crippen LogP contribution >= 0.6 is 0 Å². The van der Waals surface area contributed by atoms with E-state index in [1.54, 1.807) is 6.92 Å². The van der Waals surface area contributed by atoms with Gasteiger partial charge in [-0.3, -0.25) is 29.6 Å². The predicted molar refractivity (Wildman–Crippen MR) is 151 cm³/mol. The zero-order valence-electron chi connectivity index (χ0n) is 24.9.